The third-order valence-electron chi connectivity index (χ3n) is 2.90. The average molecular weight is 238 g/mol. The molecule has 0 bridgehead atoms. The van der Waals surface area contributed by atoms with Crippen LogP contribution in [-0.4, -0.2) is 21.3 Å². The third kappa shape index (κ3) is 2.70. The minimum Gasteiger partial charge on any atom is -0.504 e. The summed E-state index contributed by atoms with van der Waals surface area (Å²) >= 11 is 0. The van der Waals surface area contributed by atoms with E-state index < -0.39 is 11.4 Å². The van der Waals surface area contributed by atoms with Crippen LogP contribution >= 0.6 is 0 Å². The Labute approximate surface area is 101 Å². The fourth-order valence-corrected chi connectivity index (χ4v) is 2.01. The number of aliphatic carboxylic acids is 1. The van der Waals surface area contributed by atoms with Crippen molar-refractivity contribution in [3.8, 4) is 11.5 Å². The van der Waals surface area contributed by atoms with Crippen LogP contribution in [0.25, 0.3) is 0 Å². The molecule has 0 aliphatic rings. The van der Waals surface area contributed by atoms with Gasteiger partial charge in [-0.3, -0.25) is 4.79 Å². The lowest BCUT2D eigenvalue weighted by molar-refractivity contribution is -0.143. The highest BCUT2D eigenvalue weighted by atomic mass is 16.4. The van der Waals surface area contributed by atoms with Crippen molar-refractivity contribution in [1.82, 2.24) is 0 Å². The summed E-state index contributed by atoms with van der Waals surface area (Å²) in [5.41, 5.74) is -0.562. The van der Waals surface area contributed by atoms with Gasteiger partial charge in [0.2, 0.25) is 0 Å². The molecule has 1 aromatic rings. The van der Waals surface area contributed by atoms with Crippen molar-refractivity contribution in [2.45, 2.75) is 32.6 Å². The molecular weight excluding hydrogens is 220 g/mol. The Hall–Kier alpha value is -1.71. The Morgan fingerprint density at radius 3 is 2.29 bits per heavy atom. The van der Waals surface area contributed by atoms with Crippen LogP contribution in [0.2, 0.25) is 0 Å². The SMILES string of the molecule is CC(C)CC(C)(C(=O)O)c1ccc(O)c(O)c1. The molecule has 0 aromatic heterocycles. The van der Waals surface area contributed by atoms with Gasteiger partial charge in [-0.25, -0.2) is 0 Å². The average Bonchev–Trinajstić information content (AvgIpc) is 2.20. The molecule has 1 aromatic carbocycles. The normalized spacial score (nSPS) is 14.6. The van der Waals surface area contributed by atoms with Gasteiger partial charge >= 0.3 is 5.97 Å². The van der Waals surface area contributed by atoms with Crippen LogP contribution in [-0.2, 0) is 10.2 Å². The lowest BCUT2D eigenvalue weighted by Crippen LogP contribution is -2.33. The molecule has 0 radical (unpaired) electrons. The highest BCUT2D eigenvalue weighted by Gasteiger charge is 2.36. The molecule has 94 valence electrons. The zero-order valence-electron chi connectivity index (χ0n) is 10.3. The molecule has 3 N–H and O–H groups in total. The summed E-state index contributed by atoms with van der Waals surface area (Å²) in [4.78, 5) is 11.4. The van der Waals surface area contributed by atoms with E-state index in [0.717, 1.165) is 0 Å². The maximum Gasteiger partial charge on any atom is 0.313 e. The number of hydrogen-bond acceptors (Lipinski definition) is 3. The monoisotopic (exact) mass is 238 g/mol. The largest absolute Gasteiger partial charge is 0.504 e. The number of carboxylic acid groups (broad SMARTS) is 1. The summed E-state index contributed by atoms with van der Waals surface area (Å²) in [5.74, 6) is -1.26. The van der Waals surface area contributed by atoms with Gasteiger partial charge < -0.3 is 15.3 Å². The van der Waals surface area contributed by atoms with Gasteiger partial charge in [0.15, 0.2) is 11.5 Å². The molecule has 0 fully saturated rings. The van der Waals surface area contributed by atoms with Crippen molar-refractivity contribution in [3.63, 3.8) is 0 Å². The summed E-state index contributed by atoms with van der Waals surface area (Å²) in [5, 5.41) is 28.0. The molecule has 0 saturated heterocycles. The first-order chi connectivity index (χ1) is 7.77. The summed E-state index contributed by atoms with van der Waals surface area (Å²) in [7, 11) is 0. The molecule has 4 heteroatoms. The van der Waals surface area contributed by atoms with E-state index in [1.807, 2.05) is 13.8 Å². The number of phenols is 2. The summed E-state index contributed by atoms with van der Waals surface area (Å²) in [6.07, 6.45) is 0.465. The van der Waals surface area contributed by atoms with Gasteiger partial charge in [-0.1, -0.05) is 19.9 Å². The number of phenolic OH excluding ortho intramolecular Hbond substituents is 2. The van der Waals surface area contributed by atoms with Crippen LogP contribution in [0.5, 0.6) is 11.5 Å². The minimum absolute atomic E-state index is 0.215. The van der Waals surface area contributed by atoms with Crippen molar-refractivity contribution < 1.29 is 20.1 Å². The molecule has 0 aliphatic carbocycles. The summed E-state index contributed by atoms with van der Waals surface area (Å²) in [6.45, 7) is 5.52. The molecule has 0 spiro atoms. The van der Waals surface area contributed by atoms with E-state index in [-0.39, 0.29) is 17.4 Å². The maximum absolute atomic E-state index is 11.4. The van der Waals surface area contributed by atoms with E-state index in [4.69, 9.17) is 0 Å². The maximum atomic E-state index is 11.4. The van der Waals surface area contributed by atoms with Crippen LogP contribution in [0.15, 0.2) is 18.2 Å². The van der Waals surface area contributed by atoms with E-state index >= 15 is 0 Å². The van der Waals surface area contributed by atoms with Gasteiger partial charge in [-0.05, 0) is 37.0 Å². The Morgan fingerprint density at radius 1 is 1.29 bits per heavy atom. The van der Waals surface area contributed by atoms with Gasteiger partial charge in [0.25, 0.3) is 0 Å². The predicted octanol–water partition coefficient (Wildman–Crippen LogP) is 2.49. The predicted molar refractivity (Wildman–Crippen MR) is 64.2 cm³/mol. The van der Waals surface area contributed by atoms with Gasteiger partial charge in [-0.15, -0.1) is 0 Å². The molecule has 0 amide bonds. The van der Waals surface area contributed by atoms with E-state index in [1.165, 1.54) is 18.2 Å². The molecule has 0 saturated carbocycles. The molecule has 17 heavy (non-hydrogen) atoms. The number of benzene rings is 1. The zero-order chi connectivity index (χ0) is 13.2. The van der Waals surface area contributed by atoms with Crippen LogP contribution in [0.1, 0.15) is 32.8 Å². The first-order valence-corrected chi connectivity index (χ1v) is 5.53. The molecule has 4 nitrogen and oxygen atoms in total. The second-order valence-electron chi connectivity index (χ2n) is 4.94. The van der Waals surface area contributed by atoms with Crippen LogP contribution in [0.4, 0.5) is 0 Å². The number of carboxylic acids is 1. The number of aromatic hydroxyl groups is 2. The molecule has 0 aliphatic heterocycles. The summed E-state index contributed by atoms with van der Waals surface area (Å²) in [6, 6.07) is 4.16. The highest BCUT2D eigenvalue weighted by Crippen LogP contribution is 2.36. The fourth-order valence-electron chi connectivity index (χ4n) is 2.01. The molecule has 1 rings (SSSR count). The van der Waals surface area contributed by atoms with Gasteiger partial charge in [0.1, 0.15) is 0 Å². The molecule has 1 unspecified atom stereocenters. The van der Waals surface area contributed by atoms with Crippen LogP contribution in [0.3, 0.4) is 0 Å². The first-order valence-electron chi connectivity index (χ1n) is 5.53. The van der Waals surface area contributed by atoms with Gasteiger partial charge in [0.05, 0.1) is 5.41 Å². The fraction of sp³-hybridized carbons (Fsp3) is 0.462. The Balaban J connectivity index is 3.22. The number of rotatable bonds is 4. The Bertz CT molecular complexity index is 425. The lowest BCUT2D eigenvalue weighted by Gasteiger charge is -2.27. The van der Waals surface area contributed by atoms with Gasteiger partial charge in [0, 0.05) is 0 Å². The standard InChI is InChI=1S/C13H18O4/c1-8(2)7-13(3,12(16)17)9-4-5-10(14)11(15)6-9/h4-6,8,14-15H,7H2,1-3H3,(H,16,17). The van der Waals surface area contributed by atoms with E-state index in [1.54, 1.807) is 6.92 Å². The van der Waals surface area contributed by atoms with Crippen molar-refractivity contribution in [1.29, 1.82) is 0 Å². The van der Waals surface area contributed by atoms with Crippen molar-refractivity contribution in [3.05, 3.63) is 23.8 Å². The van der Waals surface area contributed by atoms with E-state index in [0.29, 0.717) is 12.0 Å². The number of carbonyl (C=O) groups is 1. The first kappa shape index (κ1) is 13.4. The van der Waals surface area contributed by atoms with Crippen molar-refractivity contribution >= 4 is 5.97 Å². The third-order valence-corrected chi connectivity index (χ3v) is 2.90. The Kier molecular flexibility index (Phi) is 3.66. The Morgan fingerprint density at radius 2 is 1.88 bits per heavy atom. The molecular formula is C13H18O4. The van der Waals surface area contributed by atoms with E-state index in [2.05, 4.69) is 0 Å². The van der Waals surface area contributed by atoms with E-state index in [9.17, 15) is 20.1 Å². The quantitative estimate of drug-likeness (QED) is 0.704. The zero-order valence-corrected chi connectivity index (χ0v) is 10.3. The van der Waals surface area contributed by atoms with Gasteiger partial charge in [-0.2, -0.15) is 0 Å². The molecule has 0 heterocycles. The number of hydrogen-bond donors (Lipinski definition) is 3. The second-order valence-corrected chi connectivity index (χ2v) is 4.94. The smallest absolute Gasteiger partial charge is 0.313 e. The summed E-state index contributed by atoms with van der Waals surface area (Å²) < 4.78 is 0. The lowest BCUT2D eigenvalue weighted by atomic mass is 9.76. The van der Waals surface area contributed by atoms with Crippen LogP contribution in [0, 0.1) is 5.92 Å². The van der Waals surface area contributed by atoms with Crippen molar-refractivity contribution in [2.75, 3.05) is 0 Å². The van der Waals surface area contributed by atoms with Crippen molar-refractivity contribution in [2.24, 2.45) is 5.92 Å². The highest BCUT2D eigenvalue weighted by molar-refractivity contribution is 5.81. The second kappa shape index (κ2) is 4.65. The minimum atomic E-state index is -1.06. The van der Waals surface area contributed by atoms with Crippen LogP contribution < -0.4 is 0 Å². The molecule has 1 atom stereocenters. The topological polar surface area (TPSA) is 77.8 Å².